The fraction of sp³-hybridized carbons (Fsp3) is 0.708. The van der Waals surface area contributed by atoms with E-state index in [-0.39, 0.29) is 23.1 Å². The van der Waals surface area contributed by atoms with Gasteiger partial charge >= 0.3 is 17.9 Å². The zero-order valence-corrected chi connectivity index (χ0v) is 19.0. The third-order valence-corrected chi connectivity index (χ3v) is 6.91. The van der Waals surface area contributed by atoms with Crippen LogP contribution < -0.4 is 0 Å². The second-order valence-electron chi connectivity index (χ2n) is 10.1. The van der Waals surface area contributed by atoms with Crippen LogP contribution in [0.5, 0.6) is 0 Å². The van der Waals surface area contributed by atoms with E-state index in [0.717, 1.165) is 32.1 Å². The highest BCUT2D eigenvalue weighted by Crippen LogP contribution is 2.62. The number of allylic oxidation sites excluding steroid dienone is 1. The van der Waals surface area contributed by atoms with Crippen molar-refractivity contribution in [1.29, 1.82) is 0 Å². The van der Waals surface area contributed by atoms with E-state index in [9.17, 15) is 19.5 Å². The standard InChI is InChI=1S/C14H20O3.C6H10O2.C4H6O2/c1-9(12(15)16)3-13-4-10-2-11(5-13)7-14(17,6-10)8-13;1-4-3-6(7)8-5(4)2;1-3(2)4(5)6/h3,10-11,17H,2,4-8H2,1H3,(H,15,16);4-5H,3H2,1-2H3;1H2,2H3,(H,5,6). The minimum atomic E-state index is -0.935. The highest BCUT2D eigenvalue weighted by Gasteiger charge is 2.56. The van der Waals surface area contributed by atoms with Crippen LogP contribution in [0.4, 0.5) is 0 Å². The summed E-state index contributed by atoms with van der Waals surface area (Å²) in [6, 6.07) is 0. The number of ether oxygens (including phenoxy) is 1. The fourth-order valence-corrected chi connectivity index (χ4v) is 5.77. The molecule has 0 aromatic heterocycles. The molecule has 31 heavy (non-hydrogen) atoms. The molecule has 4 saturated carbocycles. The molecule has 174 valence electrons. The summed E-state index contributed by atoms with van der Waals surface area (Å²) in [5, 5.41) is 27.5. The summed E-state index contributed by atoms with van der Waals surface area (Å²) in [5.74, 6) is -0.173. The monoisotopic (exact) mass is 436 g/mol. The first-order chi connectivity index (χ1) is 14.2. The number of esters is 1. The molecule has 4 unspecified atom stereocenters. The van der Waals surface area contributed by atoms with Gasteiger partial charge in [-0.25, -0.2) is 9.59 Å². The minimum absolute atomic E-state index is 0.0265. The molecule has 4 atom stereocenters. The van der Waals surface area contributed by atoms with Gasteiger partial charge in [-0.15, -0.1) is 0 Å². The van der Waals surface area contributed by atoms with Crippen molar-refractivity contribution in [1.82, 2.24) is 0 Å². The van der Waals surface area contributed by atoms with E-state index in [1.165, 1.54) is 13.3 Å². The molecule has 0 radical (unpaired) electrons. The Hall–Kier alpha value is -2.15. The number of carbonyl (C=O) groups excluding carboxylic acids is 1. The van der Waals surface area contributed by atoms with Crippen molar-refractivity contribution in [3.8, 4) is 0 Å². The Labute approximate surface area is 184 Å². The molecular weight excluding hydrogens is 400 g/mol. The van der Waals surface area contributed by atoms with Gasteiger partial charge in [-0.05, 0) is 76.5 Å². The molecule has 0 spiro atoms. The SMILES string of the molecule is C=C(C)C(=O)O.CC(=CC12CC3CC(CC(O)(C3)C1)C2)C(=O)O.CC1CC(=O)OC1C. The quantitative estimate of drug-likeness (QED) is 0.452. The van der Waals surface area contributed by atoms with Crippen LogP contribution in [0, 0.1) is 23.2 Å². The first kappa shape index (κ1) is 25.1. The largest absolute Gasteiger partial charge is 0.478 e. The van der Waals surface area contributed by atoms with Crippen molar-refractivity contribution >= 4 is 17.9 Å². The average Bonchev–Trinajstić information content (AvgIpc) is 2.88. The van der Waals surface area contributed by atoms with Crippen molar-refractivity contribution in [2.24, 2.45) is 23.2 Å². The van der Waals surface area contributed by atoms with Crippen LogP contribution in [0.2, 0.25) is 0 Å². The lowest BCUT2D eigenvalue weighted by atomic mass is 9.48. The van der Waals surface area contributed by atoms with Crippen molar-refractivity contribution in [2.45, 2.75) is 84.3 Å². The smallest absolute Gasteiger partial charge is 0.330 e. The predicted molar refractivity (Wildman–Crippen MR) is 115 cm³/mol. The average molecular weight is 437 g/mol. The minimum Gasteiger partial charge on any atom is -0.478 e. The van der Waals surface area contributed by atoms with Crippen molar-refractivity contribution in [2.75, 3.05) is 0 Å². The molecule has 5 aliphatic rings. The van der Waals surface area contributed by atoms with E-state index in [2.05, 4.69) is 6.58 Å². The Balaban J connectivity index is 0.000000203. The number of rotatable bonds is 3. The normalized spacial score (nSPS) is 37.7. The van der Waals surface area contributed by atoms with Gasteiger partial charge in [-0.2, -0.15) is 0 Å². The van der Waals surface area contributed by atoms with Crippen molar-refractivity contribution in [3.05, 3.63) is 23.8 Å². The summed E-state index contributed by atoms with van der Waals surface area (Å²) in [6.07, 6.45) is 8.73. The molecule has 0 aromatic rings. The molecule has 0 amide bonds. The molecule has 4 aliphatic carbocycles. The summed E-state index contributed by atoms with van der Waals surface area (Å²) in [6.45, 7) is 10.2. The lowest BCUT2D eigenvalue weighted by molar-refractivity contribution is -0.149. The van der Waals surface area contributed by atoms with Crippen LogP contribution in [0.3, 0.4) is 0 Å². The lowest BCUT2D eigenvalue weighted by Crippen LogP contribution is -2.55. The number of carboxylic acid groups (broad SMARTS) is 2. The highest BCUT2D eigenvalue weighted by atomic mass is 16.5. The van der Waals surface area contributed by atoms with E-state index in [4.69, 9.17) is 14.9 Å². The number of carbonyl (C=O) groups is 3. The van der Waals surface area contributed by atoms with Gasteiger partial charge in [0.2, 0.25) is 0 Å². The van der Waals surface area contributed by atoms with Gasteiger partial charge in [0.15, 0.2) is 0 Å². The number of carboxylic acids is 2. The Morgan fingerprint density at radius 3 is 1.87 bits per heavy atom. The third-order valence-electron chi connectivity index (χ3n) is 6.91. The molecule has 5 rings (SSSR count). The van der Waals surface area contributed by atoms with Gasteiger partial charge in [0.1, 0.15) is 6.10 Å². The Morgan fingerprint density at radius 2 is 1.58 bits per heavy atom. The highest BCUT2D eigenvalue weighted by molar-refractivity contribution is 5.86. The third kappa shape index (κ3) is 6.66. The predicted octanol–water partition coefficient (Wildman–Crippen LogP) is 3.95. The Morgan fingerprint density at radius 1 is 1.06 bits per heavy atom. The van der Waals surface area contributed by atoms with E-state index in [1.807, 2.05) is 19.9 Å². The molecule has 0 aromatic carbocycles. The molecule has 5 fully saturated rings. The zero-order chi connectivity index (χ0) is 23.6. The van der Waals surface area contributed by atoms with E-state index in [0.29, 0.717) is 29.7 Å². The fourth-order valence-electron chi connectivity index (χ4n) is 5.77. The second-order valence-corrected chi connectivity index (χ2v) is 10.1. The number of cyclic esters (lactones) is 1. The van der Waals surface area contributed by atoms with Crippen LogP contribution >= 0.6 is 0 Å². The number of hydrogen-bond donors (Lipinski definition) is 3. The number of aliphatic hydroxyl groups is 1. The lowest BCUT2D eigenvalue weighted by Gasteiger charge is -2.59. The van der Waals surface area contributed by atoms with Crippen LogP contribution in [-0.2, 0) is 19.1 Å². The Bertz CT molecular complexity index is 728. The van der Waals surface area contributed by atoms with Crippen molar-refractivity contribution < 1.29 is 34.4 Å². The van der Waals surface area contributed by atoms with Gasteiger partial charge in [0, 0.05) is 17.1 Å². The van der Waals surface area contributed by atoms with Gasteiger partial charge < -0.3 is 20.1 Å². The molecule has 1 saturated heterocycles. The summed E-state index contributed by atoms with van der Waals surface area (Å²) < 4.78 is 4.83. The molecule has 1 aliphatic heterocycles. The van der Waals surface area contributed by atoms with Crippen LogP contribution in [0.1, 0.15) is 72.6 Å². The van der Waals surface area contributed by atoms with Gasteiger partial charge in [-0.1, -0.05) is 19.6 Å². The van der Waals surface area contributed by atoms with E-state index >= 15 is 0 Å². The number of aliphatic carboxylic acids is 2. The number of hydrogen-bond acceptors (Lipinski definition) is 5. The maximum atomic E-state index is 11.0. The summed E-state index contributed by atoms with van der Waals surface area (Å²) in [5.41, 5.74) is 0.0891. The van der Waals surface area contributed by atoms with E-state index in [1.54, 1.807) is 6.92 Å². The molecule has 3 N–H and O–H groups in total. The zero-order valence-electron chi connectivity index (χ0n) is 19.0. The summed E-state index contributed by atoms with van der Waals surface area (Å²) >= 11 is 0. The first-order valence-electron chi connectivity index (χ1n) is 11.0. The molecule has 7 heteroatoms. The van der Waals surface area contributed by atoms with E-state index < -0.39 is 17.5 Å². The van der Waals surface area contributed by atoms with Gasteiger partial charge in [-0.3, -0.25) is 4.79 Å². The Kier molecular flexibility index (Phi) is 7.74. The van der Waals surface area contributed by atoms with Crippen LogP contribution in [0.25, 0.3) is 0 Å². The van der Waals surface area contributed by atoms with Crippen molar-refractivity contribution in [3.63, 3.8) is 0 Å². The topological polar surface area (TPSA) is 121 Å². The molecular formula is C24H36O7. The molecule has 4 bridgehead atoms. The second kappa shape index (κ2) is 9.55. The summed E-state index contributed by atoms with van der Waals surface area (Å²) in [4.78, 5) is 31.0. The molecule has 7 nitrogen and oxygen atoms in total. The maximum Gasteiger partial charge on any atom is 0.330 e. The summed E-state index contributed by atoms with van der Waals surface area (Å²) in [7, 11) is 0. The van der Waals surface area contributed by atoms with Crippen LogP contribution in [0.15, 0.2) is 23.8 Å². The van der Waals surface area contributed by atoms with Gasteiger partial charge in [0.05, 0.1) is 12.0 Å². The van der Waals surface area contributed by atoms with Crippen LogP contribution in [-0.4, -0.2) is 44.9 Å². The van der Waals surface area contributed by atoms with Gasteiger partial charge in [0.25, 0.3) is 0 Å². The first-order valence-corrected chi connectivity index (χ1v) is 11.0. The molecule has 1 heterocycles. The maximum absolute atomic E-state index is 11.0.